The molecule has 0 spiro atoms. The zero-order valence-electron chi connectivity index (χ0n) is 35.5. The van der Waals surface area contributed by atoms with Gasteiger partial charge in [-0.05, 0) is 146 Å². The first-order chi connectivity index (χ1) is 31.4. The van der Waals surface area contributed by atoms with Crippen molar-refractivity contribution in [3.05, 3.63) is 223 Å². The maximum Gasteiger partial charge on any atom is 0.135 e. The van der Waals surface area contributed by atoms with Crippen LogP contribution in [0.3, 0.4) is 0 Å². The van der Waals surface area contributed by atoms with Gasteiger partial charge in [-0.2, -0.15) is 0 Å². The molecule has 302 valence electrons. The van der Waals surface area contributed by atoms with Crippen LogP contribution < -0.4 is 4.90 Å². The minimum absolute atomic E-state index is 0.122. The number of anilines is 3. The van der Waals surface area contributed by atoms with Gasteiger partial charge in [0.05, 0.1) is 5.69 Å². The SMILES string of the molecule is CC1(C)c2ccccc2-c2ccc(N(c3ccc(-c4cc(-c5ccc6oc7ccccc7c6c5)cc(-c5ccc6oc7ccccc7c6c5)c4)cc3)c3cccc4ccccc34)cc21. The third-order valence-electron chi connectivity index (χ3n) is 13.6. The van der Waals surface area contributed by atoms with E-state index in [4.69, 9.17) is 8.83 Å². The average molecular weight is 820 g/mol. The quantitative estimate of drug-likeness (QED) is 0.167. The molecule has 0 N–H and O–H groups in total. The Labute approximate surface area is 371 Å². The lowest BCUT2D eigenvalue weighted by Crippen LogP contribution is -2.16. The van der Waals surface area contributed by atoms with Crippen molar-refractivity contribution in [1.82, 2.24) is 0 Å². The number of furan rings is 2. The molecule has 0 atom stereocenters. The fourth-order valence-electron chi connectivity index (χ4n) is 10.4. The second-order valence-corrected chi connectivity index (χ2v) is 17.7. The molecule has 0 fully saturated rings. The molecule has 2 heterocycles. The van der Waals surface area contributed by atoms with Gasteiger partial charge in [0.15, 0.2) is 0 Å². The Morgan fingerprint density at radius 1 is 0.328 bits per heavy atom. The zero-order valence-corrected chi connectivity index (χ0v) is 35.5. The molecule has 10 aromatic carbocycles. The minimum Gasteiger partial charge on any atom is -0.456 e. The van der Waals surface area contributed by atoms with Crippen molar-refractivity contribution in [2.45, 2.75) is 19.3 Å². The van der Waals surface area contributed by atoms with E-state index < -0.39 is 0 Å². The monoisotopic (exact) mass is 819 g/mol. The summed E-state index contributed by atoms with van der Waals surface area (Å²) in [6.45, 7) is 4.71. The summed E-state index contributed by atoms with van der Waals surface area (Å²) in [6, 6.07) is 77.0. The predicted octanol–water partition coefficient (Wildman–Crippen LogP) is 17.4. The lowest BCUT2D eigenvalue weighted by Gasteiger charge is -2.29. The highest BCUT2D eigenvalue weighted by atomic mass is 16.3. The van der Waals surface area contributed by atoms with E-state index in [1.165, 1.54) is 33.0 Å². The smallest absolute Gasteiger partial charge is 0.135 e. The molecular weight excluding hydrogens is 779 g/mol. The van der Waals surface area contributed by atoms with Crippen molar-refractivity contribution >= 4 is 71.7 Å². The van der Waals surface area contributed by atoms with Crippen LogP contribution in [-0.2, 0) is 5.41 Å². The van der Waals surface area contributed by atoms with Gasteiger partial charge in [0.1, 0.15) is 22.3 Å². The van der Waals surface area contributed by atoms with E-state index in [9.17, 15) is 0 Å². The van der Waals surface area contributed by atoms with E-state index in [0.717, 1.165) is 94.3 Å². The largest absolute Gasteiger partial charge is 0.456 e. The lowest BCUT2D eigenvalue weighted by atomic mass is 9.82. The van der Waals surface area contributed by atoms with Crippen molar-refractivity contribution in [3.8, 4) is 44.5 Å². The Balaban J connectivity index is 0.967. The Bertz CT molecular complexity index is 3690. The lowest BCUT2D eigenvalue weighted by molar-refractivity contribution is 0.660. The standard InChI is InChI=1S/C61H41NO2/c1-61(2)54-18-8-5-15-48(54)49-29-28-46(37-55(49)61)62(56-19-11-13-39-12-3-4-14-47(39)56)45-26-22-38(23-27-45)42-32-43(40-24-30-59-52(35-40)50-16-6-9-20-57(50)63-59)34-44(33-42)41-25-31-60-53(36-41)51-17-7-10-21-58(51)64-60/h3-37H,1-2H3. The summed E-state index contributed by atoms with van der Waals surface area (Å²) < 4.78 is 12.5. The molecule has 0 radical (unpaired) electrons. The van der Waals surface area contributed by atoms with Crippen molar-refractivity contribution in [1.29, 1.82) is 0 Å². The molecule has 0 saturated carbocycles. The summed E-state index contributed by atoms with van der Waals surface area (Å²) in [5.74, 6) is 0. The second-order valence-electron chi connectivity index (χ2n) is 17.7. The Kier molecular flexibility index (Phi) is 7.95. The Morgan fingerprint density at radius 3 is 1.50 bits per heavy atom. The van der Waals surface area contributed by atoms with Crippen LogP contribution in [0.25, 0.3) is 99.2 Å². The first-order valence-electron chi connectivity index (χ1n) is 22.1. The highest BCUT2D eigenvalue weighted by Gasteiger charge is 2.36. The maximum atomic E-state index is 6.25. The van der Waals surface area contributed by atoms with Crippen LogP contribution >= 0.6 is 0 Å². The fraction of sp³-hybridized carbons (Fsp3) is 0.0492. The Morgan fingerprint density at radius 2 is 0.828 bits per heavy atom. The van der Waals surface area contributed by atoms with Gasteiger partial charge in [-0.3, -0.25) is 0 Å². The summed E-state index contributed by atoms with van der Waals surface area (Å²) in [7, 11) is 0. The van der Waals surface area contributed by atoms with Gasteiger partial charge in [-0.15, -0.1) is 0 Å². The third kappa shape index (κ3) is 5.67. The van der Waals surface area contributed by atoms with Gasteiger partial charge in [0.25, 0.3) is 0 Å². The van der Waals surface area contributed by atoms with E-state index in [1.807, 2.05) is 24.3 Å². The molecular formula is C61H41NO2. The number of rotatable bonds is 6. The summed E-state index contributed by atoms with van der Waals surface area (Å²) in [6.07, 6.45) is 0. The van der Waals surface area contributed by atoms with E-state index in [2.05, 4.69) is 207 Å². The molecule has 0 unspecified atom stereocenters. The van der Waals surface area contributed by atoms with Crippen molar-refractivity contribution in [3.63, 3.8) is 0 Å². The van der Waals surface area contributed by atoms with Gasteiger partial charge in [-0.1, -0.05) is 141 Å². The van der Waals surface area contributed by atoms with Crippen LogP contribution in [0.2, 0.25) is 0 Å². The fourth-order valence-corrected chi connectivity index (χ4v) is 10.4. The topological polar surface area (TPSA) is 29.5 Å². The van der Waals surface area contributed by atoms with Crippen LogP contribution in [0, 0.1) is 0 Å². The van der Waals surface area contributed by atoms with Gasteiger partial charge < -0.3 is 13.7 Å². The highest BCUT2D eigenvalue weighted by Crippen LogP contribution is 2.51. The van der Waals surface area contributed by atoms with E-state index in [-0.39, 0.29) is 5.41 Å². The van der Waals surface area contributed by atoms with Crippen LogP contribution in [0.5, 0.6) is 0 Å². The molecule has 3 heteroatoms. The van der Waals surface area contributed by atoms with Crippen LogP contribution in [0.4, 0.5) is 17.1 Å². The summed E-state index contributed by atoms with van der Waals surface area (Å²) in [5.41, 5.74) is 19.0. The average Bonchev–Trinajstić information content (AvgIpc) is 3.98. The van der Waals surface area contributed by atoms with Crippen molar-refractivity contribution in [2.75, 3.05) is 4.90 Å². The molecule has 0 saturated heterocycles. The normalized spacial score (nSPS) is 13.0. The maximum absolute atomic E-state index is 6.25. The van der Waals surface area contributed by atoms with Gasteiger partial charge in [0, 0.05) is 43.7 Å². The molecule has 12 aromatic rings. The molecule has 2 aromatic heterocycles. The summed E-state index contributed by atoms with van der Waals surface area (Å²) >= 11 is 0. The Hall–Kier alpha value is -8.14. The highest BCUT2D eigenvalue weighted by molar-refractivity contribution is 6.08. The van der Waals surface area contributed by atoms with Crippen LogP contribution in [0.1, 0.15) is 25.0 Å². The zero-order chi connectivity index (χ0) is 42.5. The molecule has 3 nitrogen and oxygen atoms in total. The number of nitrogens with zero attached hydrogens (tertiary/aromatic N) is 1. The number of fused-ring (bicyclic) bond motifs is 10. The molecule has 0 amide bonds. The van der Waals surface area contributed by atoms with Crippen molar-refractivity contribution in [2.24, 2.45) is 0 Å². The van der Waals surface area contributed by atoms with E-state index in [0.29, 0.717) is 0 Å². The molecule has 0 aliphatic heterocycles. The molecule has 13 rings (SSSR count). The van der Waals surface area contributed by atoms with Gasteiger partial charge in [0.2, 0.25) is 0 Å². The molecule has 0 bridgehead atoms. The summed E-state index contributed by atoms with van der Waals surface area (Å²) in [5, 5.41) is 6.89. The molecule has 1 aliphatic carbocycles. The number of hydrogen-bond donors (Lipinski definition) is 0. The second kappa shape index (κ2) is 13.9. The minimum atomic E-state index is -0.122. The number of hydrogen-bond acceptors (Lipinski definition) is 3. The first kappa shape index (κ1) is 36.5. The van der Waals surface area contributed by atoms with Gasteiger partial charge >= 0.3 is 0 Å². The third-order valence-corrected chi connectivity index (χ3v) is 13.6. The van der Waals surface area contributed by atoms with E-state index >= 15 is 0 Å². The molecule has 64 heavy (non-hydrogen) atoms. The number of benzene rings is 10. The van der Waals surface area contributed by atoms with Crippen molar-refractivity contribution < 1.29 is 8.83 Å². The number of para-hydroxylation sites is 2. The van der Waals surface area contributed by atoms with Gasteiger partial charge in [-0.25, -0.2) is 0 Å². The van der Waals surface area contributed by atoms with Crippen LogP contribution in [0.15, 0.2) is 221 Å². The first-order valence-corrected chi connectivity index (χ1v) is 22.1. The van der Waals surface area contributed by atoms with E-state index in [1.54, 1.807) is 0 Å². The predicted molar refractivity (Wildman–Crippen MR) is 267 cm³/mol. The molecule has 1 aliphatic rings. The summed E-state index contributed by atoms with van der Waals surface area (Å²) in [4.78, 5) is 2.43. The van der Waals surface area contributed by atoms with Crippen LogP contribution in [-0.4, -0.2) is 0 Å².